The number of aldehydes is 1. The SMILES string of the molecule is O=Cc1cc(/C=C/c2ccc(Cl)c(Cl)c2)ccc1O. The maximum atomic E-state index is 10.7. The second-order valence-corrected chi connectivity index (χ2v) is 4.76. The second-order valence-electron chi connectivity index (χ2n) is 3.94. The number of rotatable bonds is 3. The zero-order chi connectivity index (χ0) is 13.8. The highest BCUT2D eigenvalue weighted by atomic mass is 35.5. The zero-order valence-electron chi connectivity index (χ0n) is 9.81. The Kier molecular flexibility index (Phi) is 4.25. The van der Waals surface area contributed by atoms with Crippen LogP contribution in [0.2, 0.25) is 10.0 Å². The van der Waals surface area contributed by atoms with Crippen molar-refractivity contribution < 1.29 is 9.90 Å². The van der Waals surface area contributed by atoms with E-state index >= 15 is 0 Å². The molecule has 0 aliphatic carbocycles. The predicted molar refractivity (Wildman–Crippen MR) is 78.9 cm³/mol. The van der Waals surface area contributed by atoms with E-state index in [9.17, 15) is 9.90 Å². The second kappa shape index (κ2) is 5.91. The molecule has 0 bridgehead atoms. The third-order valence-corrected chi connectivity index (χ3v) is 3.33. The molecule has 1 N–H and O–H groups in total. The fraction of sp³-hybridized carbons (Fsp3) is 0. The van der Waals surface area contributed by atoms with Crippen LogP contribution in [0.4, 0.5) is 0 Å². The molecular formula is C15H10Cl2O2. The molecule has 0 fully saturated rings. The van der Waals surface area contributed by atoms with Gasteiger partial charge in [-0.2, -0.15) is 0 Å². The Morgan fingerprint density at radius 2 is 1.53 bits per heavy atom. The van der Waals surface area contributed by atoms with Gasteiger partial charge in [0.2, 0.25) is 0 Å². The van der Waals surface area contributed by atoms with Crippen LogP contribution in [0, 0.1) is 0 Å². The highest BCUT2D eigenvalue weighted by molar-refractivity contribution is 6.42. The van der Waals surface area contributed by atoms with Crippen LogP contribution in [0.25, 0.3) is 12.2 Å². The van der Waals surface area contributed by atoms with Crippen LogP contribution in [-0.2, 0) is 0 Å². The fourth-order valence-electron chi connectivity index (χ4n) is 1.58. The molecule has 0 aliphatic heterocycles. The Morgan fingerprint density at radius 3 is 2.16 bits per heavy atom. The quantitative estimate of drug-likeness (QED) is 0.659. The monoisotopic (exact) mass is 292 g/mol. The van der Waals surface area contributed by atoms with E-state index < -0.39 is 0 Å². The van der Waals surface area contributed by atoms with Crippen LogP contribution >= 0.6 is 23.2 Å². The van der Waals surface area contributed by atoms with Gasteiger partial charge >= 0.3 is 0 Å². The van der Waals surface area contributed by atoms with Gasteiger partial charge in [-0.15, -0.1) is 0 Å². The number of aromatic hydroxyl groups is 1. The number of phenols is 1. The van der Waals surface area contributed by atoms with Gasteiger partial charge in [0.05, 0.1) is 15.6 Å². The van der Waals surface area contributed by atoms with Crippen molar-refractivity contribution in [1.29, 1.82) is 0 Å². The normalized spacial score (nSPS) is 10.8. The summed E-state index contributed by atoms with van der Waals surface area (Å²) in [6.45, 7) is 0. The molecule has 2 nitrogen and oxygen atoms in total. The minimum atomic E-state index is -0.0262. The highest BCUT2D eigenvalue weighted by Crippen LogP contribution is 2.24. The molecule has 0 saturated heterocycles. The van der Waals surface area contributed by atoms with E-state index in [-0.39, 0.29) is 11.3 Å². The molecule has 0 aliphatic rings. The van der Waals surface area contributed by atoms with Crippen molar-refractivity contribution in [2.45, 2.75) is 0 Å². The lowest BCUT2D eigenvalue weighted by atomic mass is 10.1. The lowest BCUT2D eigenvalue weighted by Gasteiger charge is -2.00. The summed E-state index contributed by atoms with van der Waals surface area (Å²) in [6, 6.07) is 10.1. The summed E-state index contributed by atoms with van der Waals surface area (Å²) in [5.74, 6) is -0.0262. The van der Waals surface area contributed by atoms with E-state index in [1.807, 2.05) is 18.2 Å². The molecule has 2 aromatic carbocycles. The molecule has 2 rings (SSSR count). The van der Waals surface area contributed by atoms with Crippen LogP contribution < -0.4 is 0 Å². The number of hydrogen-bond donors (Lipinski definition) is 1. The smallest absolute Gasteiger partial charge is 0.153 e. The van der Waals surface area contributed by atoms with E-state index in [1.165, 1.54) is 6.07 Å². The van der Waals surface area contributed by atoms with Gasteiger partial charge in [-0.1, -0.05) is 47.5 Å². The van der Waals surface area contributed by atoms with Gasteiger partial charge < -0.3 is 5.11 Å². The molecule has 0 heterocycles. The first-order valence-corrected chi connectivity index (χ1v) is 6.27. The predicted octanol–water partition coefficient (Wildman–Crippen LogP) is 4.68. The van der Waals surface area contributed by atoms with Crippen molar-refractivity contribution in [3.63, 3.8) is 0 Å². The molecule has 0 amide bonds. The number of halogens is 2. The minimum absolute atomic E-state index is 0.0262. The summed E-state index contributed by atoms with van der Waals surface area (Å²) < 4.78 is 0. The van der Waals surface area contributed by atoms with E-state index in [0.29, 0.717) is 16.3 Å². The lowest BCUT2D eigenvalue weighted by molar-refractivity contribution is 0.112. The van der Waals surface area contributed by atoms with E-state index in [1.54, 1.807) is 24.3 Å². The van der Waals surface area contributed by atoms with Crippen molar-refractivity contribution in [2.24, 2.45) is 0 Å². The van der Waals surface area contributed by atoms with Gasteiger partial charge in [0.15, 0.2) is 6.29 Å². The van der Waals surface area contributed by atoms with Gasteiger partial charge in [0, 0.05) is 0 Å². The number of hydrogen-bond acceptors (Lipinski definition) is 2. The molecular weight excluding hydrogens is 283 g/mol. The Balaban J connectivity index is 2.27. The van der Waals surface area contributed by atoms with Crippen LogP contribution in [0.15, 0.2) is 36.4 Å². The van der Waals surface area contributed by atoms with Crippen molar-refractivity contribution in [1.82, 2.24) is 0 Å². The highest BCUT2D eigenvalue weighted by Gasteiger charge is 2.00. The van der Waals surface area contributed by atoms with Crippen LogP contribution in [-0.4, -0.2) is 11.4 Å². The van der Waals surface area contributed by atoms with Crippen LogP contribution in [0.5, 0.6) is 5.75 Å². The molecule has 0 spiro atoms. The number of phenolic OH excluding ortho intramolecular Hbond substituents is 1. The van der Waals surface area contributed by atoms with E-state index in [0.717, 1.165) is 11.1 Å². The summed E-state index contributed by atoms with van der Waals surface area (Å²) in [4.78, 5) is 10.7. The van der Waals surface area contributed by atoms with Gasteiger partial charge in [-0.3, -0.25) is 4.79 Å². The van der Waals surface area contributed by atoms with Gasteiger partial charge in [-0.25, -0.2) is 0 Å². The van der Waals surface area contributed by atoms with E-state index in [4.69, 9.17) is 23.2 Å². The Hall–Kier alpha value is -1.77. The first kappa shape index (κ1) is 13.7. The maximum absolute atomic E-state index is 10.7. The Labute approximate surface area is 120 Å². The summed E-state index contributed by atoms with van der Waals surface area (Å²) in [5, 5.41) is 10.4. The average molecular weight is 293 g/mol. The van der Waals surface area contributed by atoms with Gasteiger partial charge in [0.1, 0.15) is 5.75 Å². The molecule has 0 radical (unpaired) electrons. The molecule has 0 aromatic heterocycles. The Morgan fingerprint density at radius 1 is 0.895 bits per heavy atom. The summed E-state index contributed by atoms with van der Waals surface area (Å²) in [5.41, 5.74) is 1.97. The van der Waals surface area contributed by atoms with Crippen molar-refractivity contribution in [2.75, 3.05) is 0 Å². The van der Waals surface area contributed by atoms with Crippen molar-refractivity contribution in [3.05, 3.63) is 63.1 Å². The molecule has 0 saturated carbocycles. The summed E-state index contributed by atoms with van der Waals surface area (Å²) in [6.07, 6.45) is 4.29. The summed E-state index contributed by atoms with van der Waals surface area (Å²) >= 11 is 11.8. The maximum Gasteiger partial charge on any atom is 0.153 e. The van der Waals surface area contributed by atoms with Crippen molar-refractivity contribution >= 4 is 41.6 Å². The molecule has 0 atom stereocenters. The molecule has 0 unspecified atom stereocenters. The van der Waals surface area contributed by atoms with Crippen molar-refractivity contribution in [3.8, 4) is 5.75 Å². The van der Waals surface area contributed by atoms with E-state index in [2.05, 4.69) is 0 Å². The van der Waals surface area contributed by atoms with Crippen LogP contribution in [0.3, 0.4) is 0 Å². The number of carbonyl (C=O) groups excluding carboxylic acids is 1. The standard InChI is InChI=1S/C15H10Cl2O2/c16-13-5-3-11(8-14(13)17)2-1-10-4-6-15(19)12(7-10)9-18/h1-9,19H/b2-1+. The number of carbonyl (C=O) groups is 1. The topological polar surface area (TPSA) is 37.3 Å². The molecule has 96 valence electrons. The first-order chi connectivity index (χ1) is 9.10. The molecule has 19 heavy (non-hydrogen) atoms. The minimum Gasteiger partial charge on any atom is -0.507 e. The lowest BCUT2D eigenvalue weighted by Crippen LogP contribution is -1.82. The molecule has 4 heteroatoms. The van der Waals surface area contributed by atoms with Crippen LogP contribution in [0.1, 0.15) is 21.5 Å². The third kappa shape index (κ3) is 3.37. The van der Waals surface area contributed by atoms with Gasteiger partial charge in [0.25, 0.3) is 0 Å². The van der Waals surface area contributed by atoms with Gasteiger partial charge in [-0.05, 0) is 35.4 Å². The zero-order valence-corrected chi connectivity index (χ0v) is 11.3. The third-order valence-electron chi connectivity index (χ3n) is 2.59. The fourth-order valence-corrected chi connectivity index (χ4v) is 1.89. The first-order valence-electron chi connectivity index (χ1n) is 5.51. The Bertz CT molecular complexity index is 649. The average Bonchev–Trinajstić information content (AvgIpc) is 2.41. The summed E-state index contributed by atoms with van der Waals surface area (Å²) in [7, 11) is 0. The number of benzene rings is 2. The molecule has 2 aromatic rings. The largest absolute Gasteiger partial charge is 0.507 e.